The summed E-state index contributed by atoms with van der Waals surface area (Å²) in [4.78, 5) is 23.5. The van der Waals surface area contributed by atoms with Crippen LogP contribution in [0, 0.1) is 0 Å². The summed E-state index contributed by atoms with van der Waals surface area (Å²) in [5, 5.41) is 2.79. The number of rotatable bonds is 2. The molecular weight excluding hydrogens is 324 g/mol. The highest BCUT2D eigenvalue weighted by Crippen LogP contribution is 2.34. The van der Waals surface area contributed by atoms with Crippen molar-refractivity contribution in [3.8, 4) is 11.1 Å². The lowest BCUT2D eigenvalue weighted by atomic mass is 10.00. The van der Waals surface area contributed by atoms with Crippen molar-refractivity contribution in [3.05, 3.63) is 59.9 Å². The van der Waals surface area contributed by atoms with Crippen molar-refractivity contribution >= 4 is 22.9 Å². The molecule has 4 heteroatoms. The number of carbonyl (C=O) groups excluding carboxylic acids is 2. The summed E-state index contributed by atoms with van der Waals surface area (Å²) in [6.07, 6.45) is 6.48. The number of carbonyl (C=O) groups is 2. The fraction of sp³-hybridized carbons (Fsp3) is 0.273. The minimum Gasteiger partial charge on any atom is -0.326 e. The molecule has 26 heavy (non-hydrogen) atoms. The molecule has 4 nitrogen and oxygen atoms in total. The quantitative estimate of drug-likeness (QED) is 0.699. The second-order valence-electron chi connectivity index (χ2n) is 6.23. The van der Waals surface area contributed by atoms with E-state index in [9.17, 15) is 9.59 Å². The number of pyridine rings is 1. The van der Waals surface area contributed by atoms with Gasteiger partial charge in [0.15, 0.2) is 5.78 Å². The van der Waals surface area contributed by atoms with Gasteiger partial charge in [-0.15, -0.1) is 0 Å². The van der Waals surface area contributed by atoms with Gasteiger partial charge in [0.05, 0.1) is 5.52 Å². The van der Waals surface area contributed by atoms with E-state index in [2.05, 4.69) is 15.9 Å². The fourth-order valence-corrected chi connectivity index (χ4v) is 3.52. The van der Waals surface area contributed by atoms with Crippen molar-refractivity contribution in [1.29, 1.82) is 0 Å². The monoisotopic (exact) mass is 348 g/mol. The summed E-state index contributed by atoms with van der Waals surface area (Å²) in [5.74, 6) is 0.150. The van der Waals surface area contributed by atoms with Crippen LogP contribution in [0.3, 0.4) is 0 Å². The number of hydrogen-bond donors (Lipinski definition) is 1. The van der Waals surface area contributed by atoms with E-state index in [4.69, 9.17) is 0 Å². The maximum atomic E-state index is 12.3. The first kappa shape index (κ1) is 17.9. The highest BCUT2D eigenvalue weighted by atomic mass is 16.1. The fourth-order valence-electron chi connectivity index (χ4n) is 3.52. The first-order valence-electron chi connectivity index (χ1n) is 9.17. The third kappa shape index (κ3) is 3.27. The Balaban J connectivity index is 0.000000948. The number of nitrogens with zero attached hydrogens (tertiary/aromatic N) is 1. The average Bonchev–Trinajstić information content (AvgIpc) is 2.93. The van der Waals surface area contributed by atoms with E-state index in [1.165, 1.54) is 12.5 Å². The van der Waals surface area contributed by atoms with Crippen LogP contribution in [0.2, 0.25) is 0 Å². The molecule has 134 valence electrons. The summed E-state index contributed by atoms with van der Waals surface area (Å²) in [7, 11) is 0. The number of amides is 1. The molecule has 4 rings (SSSR count). The van der Waals surface area contributed by atoms with Crippen molar-refractivity contribution in [1.82, 2.24) is 4.40 Å². The van der Waals surface area contributed by atoms with Gasteiger partial charge in [0, 0.05) is 42.6 Å². The number of nitrogens with one attached hydrogen (secondary N) is 1. The second kappa shape index (κ2) is 7.56. The number of benzene rings is 1. The Hall–Kier alpha value is -2.88. The molecule has 1 aliphatic carbocycles. The van der Waals surface area contributed by atoms with Crippen molar-refractivity contribution in [3.63, 3.8) is 0 Å². The second-order valence-corrected chi connectivity index (χ2v) is 6.23. The van der Waals surface area contributed by atoms with Crippen LogP contribution in [0.5, 0.6) is 0 Å². The van der Waals surface area contributed by atoms with Gasteiger partial charge in [0.1, 0.15) is 0 Å². The first-order valence-corrected chi connectivity index (χ1v) is 9.17. The minimum atomic E-state index is -0.0768. The Kier molecular flexibility index (Phi) is 5.21. The Labute approximate surface area is 153 Å². The van der Waals surface area contributed by atoms with Gasteiger partial charge in [-0.25, -0.2) is 0 Å². The van der Waals surface area contributed by atoms with Crippen molar-refractivity contribution in [2.45, 2.75) is 40.0 Å². The van der Waals surface area contributed by atoms with Gasteiger partial charge in [0.2, 0.25) is 5.91 Å². The highest BCUT2D eigenvalue weighted by Gasteiger charge is 2.21. The predicted octanol–water partition coefficient (Wildman–Crippen LogP) is 5.11. The van der Waals surface area contributed by atoms with Crippen LogP contribution >= 0.6 is 0 Å². The smallest absolute Gasteiger partial charge is 0.221 e. The summed E-state index contributed by atoms with van der Waals surface area (Å²) in [6.45, 7) is 5.50. The molecule has 1 amide bonds. The maximum Gasteiger partial charge on any atom is 0.221 e. The van der Waals surface area contributed by atoms with Gasteiger partial charge in [-0.1, -0.05) is 26.0 Å². The maximum absolute atomic E-state index is 12.3. The Morgan fingerprint density at radius 1 is 1.04 bits per heavy atom. The van der Waals surface area contributed by atoms with E-state index in [0.717, 1.165) is 40.7 Å². The third-order valence-corrected chi connectivity index (χ3v) is 4.55. The molecular formula is C22H24N2O2. The summed E-state index contributed by atoms with van der Waals surface area (Å²) < 4.78 is 2.06. The SMILES string of the molecule is CC.CC(=O)Nc1ccc(-c2cn3cccc4c3c2CCCC4=O)cc1. The predicted molar refractivity (Wildman–Crippen MR) is 106 cm³/mol. The molecule has 3 aromatic rings. The zero-order chi connectivity index (χ0) is 18.7. The molecule has 0 fully saturated rings. The molecule has 0 aliphatic heterocycles. The van der Waals surface area contributed by atoms with Crippen LogP contribution in [0.15, 0.2) is 48.8 Å². The van der Waals surface area contributed by atoms with E-state index in [1.54, 1.807) is 0 Å². The molecule has 1 N–H and O–H groups in total. The third-order valence-electron chi connectivity index (χ3n) is 4.55. The molecule has 0 saturated carbocycles. The van der Waals surface area contributed by atoms with Crippen molar-refractivity contribution < 1.29 is 9.59 Å². The summed E-state index contributed by atoms with van der Waals surface area (Å²) in [6, 6.07) is 11.7. The number of aromatic nitrogens is 1. The molecule has 0 spiro atoms. The van der Waals surface area contributed by atoms with E-state index >= 15 is 0 Å². The molecule has 0 unspecified atom stereocenters. The summed E-state index contributed by atoms with van der Waals surface area (Å²) >= 11 is 0. The Morgan fingerprint density at radius 3 is 2.46 bits per heavy atom. The van der Waals surface area contributed by atoms with Gasteiger partial charge in [-0.2, -0.15) is 0 Å². The van der Waals surface area contributed by atoms with Gasteiger partial charge >= 0.3 is 0 Å². The van der Waals surface area contributed by atoms with Crippen LogP contribution in [0.25, 0.3) is 16.6 Å². The van der Waals surface area contributed by atoms with Crippen LogP contribution in [0.4, 0.5) is 5.69 Å². The number of hydrogen-bond acceptors (Lipinski definition) is 2. The highest BCUT2D eigenvalue weighted by molar-refractivity contribution is 6.05. The number of anilines is 1. The van der Waals surface area contributed by atoms with Gasteiger partial charge in [0.25, 0.3) is 0 Å². The van der Waals surface area contributed by atoms with Crippen LogP contribution < -0.4 is 5.32 Å². The molecule has 2 aromatic heterocycles. The van der Waals surface area contributed by atoms with Gasteiger partial charge in [-0.3, -0.25) is 9.59 Å². The Bertz CT molecular complexity index is 952. The topological polar surface area (TPSA) is 50.6 Å². The van der Waals surface area contributed by atoms with Crippen LogP contribution in [0.1, 0.15) is 49.5 Å². The molecule has 1 aromatic carbocycles. The van der Waals surface area contributed by atoms with E-state index in [0.29, 0.717) is 6.42 Å². The van der Waals surface area contributed by atoms with Crippen LogP contribution in [-0.2, 0) is 11.2 Å². The zero-order valence-corrected chi connectivity index (χ0v) is 15.5. The zero-order valence-electron chi connectivity index (χ0n) is 15.5. The van der Waals surface area contributed by atoms with E-state index in [1.807, 2.05) is 56.4 Å². The normalized spacial score (nSPS) is 13.0. The molecule has 2 heterocycles. The van der Waals surface area contributed by atoms with Crippen molar-refractivity contribution in [2.24, 2.45) is 0 Å². The summed E-state index contributed by atoms with van der Waals surface area (Å²) in [5.41, 5.74) is 6.15. The van der Waals surface area contributed by atoms with Gasteiger partial charge < -0.3 is 9.72 Å². The standard InChI is InChI=1S/C20H18N2O2.C2H6/c1-13(23)21-15-9-7-14(8-10-15)18-12-22-11-3-5-17-19(24)6-2-4-16(18)20(17)22;1-2/h3,5,7-12H,2,4,6H2,1H3,(H,21,23);1-2H3. The lowest BCUT2D eigenvalue weighted by Gasteiger charge is -2.06. The molecule has 0 atom stereocenters. The Morgan fingerprint density at radius 2 is 1.77 bits per heavy atom. The molecule has 0 radical (unpaired) electrons. The first-order chi connectivity index (χ1) is 12.6. The van der Waals surface area contributed by atoms with E-state index in [-0.39, 0.29) is 11.7 Å². The largest absolute Gasteiger partial charge is 0.326 e. The van der Waals surface area contributed by atoms with Crippen molar-refractivity contribution in [2.75, 3.05) is 5.32 Å². The molecule has 1 aliphatic rings. The van der Waals surface area contributed by atoms with Crippen LogP contribution in [-0.4, -0.2) is 16.1 Å². The lowest BCUT2D eigenvalue weighted by molar-refractivity contribution is -0.114. The van der Waals surface area contributed by atoms with E-state index < -0.39 is 0 Å². The number of Topliss-reactive ketones (excluding diaryl/α,β-unsaturated/α-hetero) is 1. The average molecular weight is 348 g/mol. The van der Waals surface area contributed by atoms with Gasteiger partial charge in [-0.05, 0) is 48.2 Å². The molecule has 0 bridgehead atoms. The lowest BCUT2D eigenvalue weighted by Crippen LogP contribution is -2.05. The number of ketones is 1. The number of aryl methyl sites for hydroxylation is 1. The minimum absolute atomic E-state index is 0.0768. The molecule has 0 saturated heterocycles.